The van der Waals surface area contributed by atoms with Crippen LogP contribution in [0.5, 0.6) is 5.75 Å². The molecule has 124 valence electrons. The quantitative estimate of drug-likeness (QED) is 0.846. The Morgan fingerprint density at radius 1 is 1.17 bits per heavy atom. The molecule has 0 fully saturated rings. The number of nitrogens with two attached hydrogens (primary N) is 1. The third-order valence-electron chi connectivity index (χ3n) is 3.41. The van der Waals surface area contributed by atoms with Gasteiger partial charge in [-0.2, -0.15) is 0 Å². The van der Waals surface area contributed by atoms with Crippen molar-refractivity contribution in [2.24, 2.45) is 5.73 Å². The molecule has 23 heavy (non-hydrogen) atoms. The lowest BCUT2D eigenvalue weighted by molar-refractivity contribution is -0.120. The Morgan fingerprint density at radius 3 is 2.52 bits per heavy atom. The van der Waals surface area contributed by atoms with Gasteiger partial charge in [0.1, 0.15) is 11.3 Å². The van der Waals surface area contributed by atoms with Crippen LogP contribution in [0.2, 0.25) is 0 Å². The molecule has 1 unspecified atom stereocenters. The SMILES string of the molecule is CCCOc1cccc(NC(=O)C(C)(N)c2ccccc2)c1.Cl. The standard InChI is InChI=1S/C18H22N2O2.ClH/c1-3-12-22-16-11-7-10-15(13-16)20-17(21)18(2,19)14-8-5-4-6-9-14;/h4-11,13H,3,12,19H2,1-2H3,(H,20,21);1H. The van der Waals surface area contributed by atoms with Crippen LogP contribution in [0.4, 0.5) is 5.69 Å². The van der Waals surface area contributed by atoms with E-state index in [1.807, 2.05) is 55.5 Å². The van der Waals surface area contributed by atoms with Crippen LogP contribution in [-0.4, -0.2) is 12.5 Å². The van der Waals surface area contributed by atoms with Crippen molar-refractivity contribution < 1.29 is 9.53 Å². The summed E-state index contributed by atoms with van der Waals surface area (Å²) in [4.78, 5) is 12.5. The van der Waals surface area contributed by atoms with Crippen molar-refractivity contribution in [3.05, 3.63) is 60.2 Å². The molecule has 2 aromatic rings. The van der Waals surface area contributed by atoms with E-state index in [0.717, 1.165) is 17.7 Å². The van der Waals surface area contributed by atoms with E-state index >= 15 is 0 Å². The largest absolute Gasteiger partial charge is 0.494 e. The van der Waals surface area contributed by atoms with E-state index < -0.39 is 5.54 Å². The fourth-order valence-electron chi connectivity index (χ4n) is 2.06. The van der Waals surface area contributed by atoms with Crippen molar-refractivity contribution in [1.29, 1.82) is 0 Å². The Bertz CT molecular complexity index is 630. The maximum absolute atomic E-state index is 12.5. The van der Waals surface area contributed by atoms with Crippen LogP contribution in [0.3, 0.4) is 0 Å². The van der Waals surface area contributed by atoms with Crippen molar-refractivity contribution in [2.45, 2.75) is 25.8 Å². The highest BCUT2D eigenvalue weighted by Gasteiger charge is 2.30. The number of rotatable bonds is 6. The number of hydrogen-bond acceptors (Lipinski definition) is 3. The molecule has 2 aromatic carbocycles. The number of carbonyl (C=O) groups excluding carboxylic acids is 1. The molecule has 1 atom stereocenters. The van der Waals surface area contributed by atoms with E-state index in [4.69, 9.17) is 10.5 Å². The molecule has 5 heteroatoms. The molecule has 1 amide bonds. The lowest BCUT2D eigenvalue weighted by atomic mass is 9.92. The normalized spacial score (nSPS) is 12.7. The molecule has 0 saturated carbocycles. The van der Waals surface area contributed by atoms with Crippen LogP contribution in [-0.2, 0) is 10.3 Å². The van der Waals surface area contributed by atoms with Crippen LogP contribution in [0.25, 0.3) is 0 Å². The minimum Gasteiger partial charge on any atom is -0.494 e. The zero-order chi connectivity index (χ0) is 16.0. The van der Waals surface area contributed by atoms with Crippen molar-refractivity contribution in [1.82, 2.24) is 0 Å². The van der Waals surface area contributed by atoms with E-state index in [-0.39, 0.29) is 18.3 Å². The van der Waals surface area contributed by atoms with E-state index in [9.17, 15) is 4.79 Å². The number of benzene rings is 2. The Kier molecular flexibility index (Phi) is 7.07. The number of amides is 1. The zero-order valence-electron chi connectivity index (χ0n) is 13.4. The Labute approximate surface area is 143 Å². The highest BCUT2D eigenvalue weighted by atomic mass is 35.5. The summed E-state index contributed by atoms with van der Waals surface area (Å²) < 4.78 is 5.57. The summed E-state index contributed by atoms with van der Waals surface area (Å²) in [5, 5.41) is 2.85. The van der Waals surface area contributed by atoms with Crippen molar-refractivity contribution in [3.8, 4) is 5.75 Å². The average molecular weight is 335 g/mol. The van der Waals surface area contributed by atoms with Crippen LogP contribution in [0, 0.1) is 0 Å². The molecule has 0 aliphatic heterocycles. The fraction of sp³-hybridized carbons (Fsp3) is 0.278. The number of carbonyl (C=O) groups is 1. The van der Waals surface area contributed by atoms with Crippen molar-refractivity contribution >= 4 is 24.0 Å². The number of nitrogens with one attached hydrogen (secondary N) is 1. The van der Waals surface area contributed by atoms with Crippen molar-refractivity contribution in [2.75, 3.05) is 11.9 Å². The summed E-state index contributed by atoms with van der Waals surface area (Å²) >= 11 is 0. The first-order chi connectivity index (χ1) is 10.5. The van der Waals surface area contributed by atoms with Crippen molar-refractivity contribution in [3.63, 3.8) is 0 Å². The molecule has 0 aromatic heterocycles. The maximum atomic E-state index is 12.5. The molecule has 0 aliphatic rings. The second kappa shape index (κ2) is 8.56. The van der Waals surface area contributed by atoms with Gasteiger partial charge in [0.2, 0.25) is 5.91 Å². The van der Waals surface area contributed by atoms with Crippen LogP contribution in [0.1, 0.15) is 25.8 Å². The van der Waals surface area contributed by atoms with Gasteiger partial charge in [-0.1, -0.05) is 43.3 Å². The van der Waals surface area contributed by atoms with Gasteiger partial charge in [-0.05, 0) is 31.0 Å². The highest BCUT2D eigenvalue weighted by Crippen LogP contribution is 2.22. The Hall–Kier alpha value is -2.04. The Balaban J connectivity index is 0.00000264. The minimum atomic E-state index is -1.10. The molecule has 0 aliphatic carbocycles. The third-order valence-corrected chi connectivity index (χ3v) is 3.41. The van der Waals surface area contributed by atoms with Gasteiger partial charge in [0.25, 0.3) is 0 Å². The molecule has 0 bridgehead atoms. The van der Waals surface area contributed by atoms with Gasteiger partial charge in [-0.25, -0.2) is 0 Å². The first-order valence-corrected chi connectivity index (χ1v) is 7.42. The monoisotopic (exact) mass is 334 g/mol. The molecule has 4 nitrogen and oxygen atoms in total. The summed E-state index contributed by atoms with van der Waals surface area (Å²) in [6, 6.07) is 16.7. The first-order valence-electron chi connectivity index (χ1n) is 7.42. The van der Waals surface area contributed by atoms with Gasteiger partial charge in [-0.3, -0.25) is 4.79 Å². The van der Waals surface area contributed by atoms with Gasteiger partial charge in [0.15, 0.2) is 0 Å². The molecule has 0 radical (unpaired) electrons. The van der Waals surface area contributed by atoms with Crippen LogP contribution in [0.15, 0.2) is 54.6 Å². The molecule has 3 N–H and O–H groups in total. The molecule has 0 spiro atoms. The second-order valence-electron chi connectivity index (χ2n) is 5.40. The maximum Gasteiger partial charge on any atom is 0.248 e. The number of anilines is 1. The minimum absolute atomic E-state index is 0. The zero-order valence-corrected chi connectivity index (χ0v) is 14.2. The van der Waals surface area contributed by atoms with E-state index in [2.05, 4.69) is 5.32 Å². The van der Waals surface area contributed by atoms with Gasteiger partial charge in [0, 0.05) is 11.8 Å². The molecule has 0 heterocycles. The second-order valence-corrected chi connectivity index (χ2v) is 5.40. The fourth-order valence-corrected chi connectivity index (χ4v) is 2.06. The van der Waals surface area contributed by atoms with Gasteiger partial charge in [-0.15, -0.1) is 12.4 Å². The van der Waals surface area contributed by atoms with Crippen LogP contribution >= 0.6 is 12.4 Å². The van der Waals surface area contributed by atoms with E-state index in [1.54, 1.807) is 13.0 Å². The molecule has 0 saturated heterocycles. The molecule has 2 rings (SSSR count). The molecular weight excluding hydrogens is 312 g/mol. The predicted molar refractivity (Wildman–Crippen MR) is 96.1 cm³/mol. The van der Waals surface area contributed by atoms with Crippen LogP contribution < -0.4 is 15.8 Å². The smallest absolute Gasteiger partial charge is 0.248 e. The van der Waals surface area contributed by atoms with E-state index in [0.29, 0.717) is 12.3 Å². The Morgan fingerprint density at radius 2 is 1.87 bits per heavy atom. The lowest BCUT2D eigenvalue weighted by Gasteiger charge is -2.24. The summed E-state index contributed by atoms with van der Waals surface area (Å²) in [7, 11) is 0. The van der Waals surface area contributed by atoms with Gasteiger partial charge < -0.3 is 15.8 Å². The van der Waals surface area contributed by atoms with Gasteiger partial charge in [0.05, 0.1) is 6.61 Å². The molecular formula is C18H23ClN2O2. The number of hydrogen-bond donors (Lipinski definition) is 2. The third kappa shape index (κ3) is 4.98. The summed E-state index contributed by atoms with van der Waals surface area (Å²) in [5.41, 5.74) is 6.55. The summed E-state index contributed by atoms with van der Waals surface area (Å²) in [6.45, 7) is 4.40. The summed E-state index contributed by atoms with van der Waals surface area (Å²) in [5.74, 6) is 0.476. The predicted octanol–water partition coefficient (Wildman–Crippen LogP) is 3.71. The number of halogens is 1. The highest BCUT2D eigenvalue weighted by molar-refractivity contribution is 5.98. The van der Waals surface area contributed by atoms with E-state index in [1.165, 1.54) is 0 Å². The average Bonchev–Trinajstić information content (AvgIpc) is 2.54. The van der Waals surface area contributed by atoms with Gasteiger partial charge >= 0.3 is 0 Å². The first kappa shape index (κ1) is 19.0. The summed E-state index contributed by atoms with van der Waals surface area (Å²) in [6.07, 6.45) is 0.936. The lowest BCUT2D eigenvalue weighted by Crippen LogP contribution is -2.45. The topological polar surface area (TPSA) is 64.3 Å². The number of ether oxygens (including phenoxy) is 1.